The molecule has 1 aliphatic heterocycles. The van der Waals surface area contributed by atoms with Gasteiger partial charge in [0.05, 0.1) is 0 Å². The molecule has 2 atom stereocenters. The van der Waals surface area contributed by atoms with Gasteiger partial charge < -0.3 is 10.2 Å². The quantitative estimate of drug-likeness (QED) is 0.907. The lowest BCUT2D eigenvalue weighted by molar-refractivity contribution is 0.638. The van der Waals surface area contributed by atoms with Gasteiger partial charge in [-0.05, 0) is 49.9 Å². The SMILES string of the molecule is CNC(C)c1cc(Br)ccc1N(C)C1CCSC1. The van der Waals surface area contributed by atoms with Gasteiger partial charge in [0.25, 0.3) is 0 Å². The second-order valence-corrected chi connectivity index (χ2v) is 6.91. The normalized spacial score (nSPS) is 21.0. The fraction of sp³-hybridized carbons (Fsp3) is 0.571. The van der Waals surface area contributed by atoms with Crippen LogP contribution in [0.1, 0.15) is 24.9 Å². The lowest BCUT2D eigenvalue weighted by Gasteiger charge is -2.30. The van der Waals surface area contributed by atoms with Crippen molar-refractivity contribution in [3.8, 4) is 0 Å². The molecule has 1 aliphatic rings. The van der Waals surface area contributed by atoms with Crippen molar-refractivity contribution >= 4 is 33.4 Å². The number of nitrogens with zero attached hydrogens (tertiary/aromatic N) is 1. The summed E-state index contributed by atoms with van der Waals surface area (Å²) in [4.78, 5) is 2.45. The van der Waals surface area contributed by atoms with Crippen LogP contribution in [0.15, 0.2) is 22.7 Å². The molecule has 2 unspecified atom stereocenters. The zero-order valence-electron chi connectivity index (χ0n) is 11.2. The van der Waals surface area contributed by atoms with E-state index in [2.05, 4.69) is 70.1 Å². The van der Waals surface area contributed by atoms with Crippen molar-refractivity contribution in [1.82, 2.24) is 5.32 Å². The van der Waals surface area contributed by atoms with E-state index >= 15 is 0 Å². The number of benzene rings is 1. The van der Waals surface area contributed by atoms with Crippen molar-refractivity contribution in [3.63, 3.8) is 0 Å². The minimum atomic E-state index is 0.369. The van der Waals surface area contributed by atoms with Crippen LogP contribution in [0.5, 0.6) is 0 Å². The van der Waals surface area contributed by atoms with Crippen LogP contribution in [0, 0.1) is 0 Å². The molecule has 1 N–H and O–H groups in total. The Morgan fingerprint density at radius 2 is 2.28 bits per heavy atom. The number of thioether (sulfide) groups is 1. The fourth-order valence-corrected chi connectivity index (χ4v) is 4.02. The van der Waals surface area contributed by atoms with Crippen LogP contribution in [-0.4, -0.2) is 31.6 Å². The minimum absolute atomic E-state index is 0.369. The third-order valence-corrected chi connectivity index (χ3v) is 5.36. The number of hydrogen-bond donors (Lipinski definition) is 1. The zero-order valence-corrected chi connectivity index (χ0v) is 13.6. The van der Waals surface area contributed by atoms with Crippen molar-refractivity contribution in [2.45, 2.75) is 25.4 Å². The van der Waals surface area contributed by atoms with Gasteiger partial charge in [-0.15, -0.1) is 0 Å². The molecule has 1 fully saturated rings. The first-order valence-electron chi connectivity index (χ1n) is 6.40. The summed E-state index contributed by atoms with van der Waals surface area (Å²) >= 11 is 5.64. The maximum atomic E-state index is 3.58. The Bertz CT molecular complexity index is 405. The first-order chi connectivity index (χ1) is 8.63. The molecule has 1 saturated heterocycles. The number of rotatable bonds is 4. The Kier molecular flexibility index (Phi) is 4.98. The van der Waals surface area contributed by atoms with Crippen molar-refractivity contribution < 1.29 is 0 Å². The van der Waals surface area contributed by atoms with Crippen molar-refractivity contribution in [2.75, 3.05) is 30.5 Å². The molecule has 0 radical (unpaired) electrons. The van der Waals surface area contributed by atoms with Crippen molar-refractivity contribution in [3.05, 3.63) is 28.2 Å². The van der Waals surface area contributed by atoms with Gasteiger partial charge in [-0.2, -0.15) is 11.8 Å². The maximum Gasteiger partial charge on any atom is 0.0415 e. The topological polar surface area (TPSA) is 15.3 Å². The molecule has 18 heavy (non-hydrogen) atoms. The van der Waals surface area contributed by atoms with Gasteiger partial charge in [0.1, 0.15) is 0 Å². The van der Waals surface area contributed by atoms with Gasteiger partial charge in [-0.25, -0.2) is 0 Å². The van der Waals surface area contributed by atoms with Crippen LogP contribution in [0.4, 0.5) is 5.69 Å². The number of anilines is 1. The van der Waals surface area contributed by atoms with Crippen molar-refractivity contribution in [2.24, 2.45) is 0 Å². The van der Waals surface area contributed by atoms with E-state index in [0.717, 1.165) is 4.47 Å². The summed E-state index contributed by atoms with van der Waals surface area (Å²) in [6, 6.07) is 7.65. The number of hydrogen-bond acceptors (Lipinski definition) is 3. The lowest BCUT2D eigenvalue weighted by Crippen LogP contribution is -2.32. The Balaban J connectivity index is 2.30. The molecule has 1 aromatic rings. The fourth-order valence-electron chi connectivity index (χ4n) is 2.37. The molecule has 0 aromatic heterocycles. The standard InChI is InChI=1S/C14H21BrN2S/c1-10(16-2)13-8-11(15)4-5-14(13)17(3)12-6-7-18-9-12/h4-5,8,10,12,16H,6-7,9H2,1-3H3. The second kappa shape index (κ2) is 6.31. The minimum Gasteiger partial charge on any atom is -0.370 e. The average Bonchev–Trinajstić information content (AvgIpc) is 2.90. The van der Waals surface area contributed by atoms with E-state index in [-0.39, 0.29) is 0 Å². The first kappa shape index (κ1) is 14.2. The zero-order chi connectivity index (χ0) is 13.1. The summed E-state index contributed by atoms with van der Waals surface area (Å²) in [6.45, 7) is 2.21. The van der Waals surface area contributed by atoms with E-state index in [4.69, 9.17) is 0 Å². The molecule has 0 aliphatic carbocycles. The van der Waals surface area contributed by atoms with Gasteiger partial charge in [0, 0.05) is 35.0 Å². The van der Waals surface area contributed by atoms with Crippen LogP contribution in [0.25, 0.3) is 0 Å². The summed E-state index contributed by atoms with van der Waals surface area (Å²) in [7, 11) is 4.24. The van der Waals surface area contributed by atoms with Gasteiger partial charge in [0.2, 0.25) is 0 Å². The summed E-state index contributed by atoms with van der Waals surface area (Å²) in [5.41, 5.74) is 2.72. The molecule has 1 aromatic carbocycles. The Morgan fingerprint density at radius 3 is 2.89 bits per heavy atom. The van der Waals surface area contributed by atoms with Gasteiger partial charge in [0.15, 0.2) is 0 Å². The molecule has 0 amide bonds. The molecular weight excluding hydrogens is 308 g/mol. The highest BCUT2D eigenvalue weighted by molar-refractivity contribution is 9.10. The summed E-state index contributed by atoms with van der Waals surface area (Å²) in [5.74, 6) is 2.54. The predicted octanol–water partition coefficient (Wildman–Crippen LogP) is 3.67. The molecular formula is C14H21BrN2S. The van der Waals surface area contributed by atoms with Crippen LogP contribution < -0.4 is 10.2 Å². The summed E-state index contributed by atoms with van der Waals surface area (Å²) in [6.07, 6.45) is 1.30. The summed E-state index contributed by atoms with van der Waals surface area (Å²) < 4.78 is 1.15. The molecule has 4 heteroatoms. The number of halogens is 1. The van der Waals surface area contributed by atoms with E-state index in [1.165, 1.54) is 29.2 Å². The van der Waals surface area contributed by atoms with Crippen LogP contribution >= 0.6 is 27.7 Å². The van der Waals surface area contributed by atoms with Crippen LogP contribution in [0.3, 0.4) is 0 Å². The Morgan fingerprint density at radius 1 is 1.50 bits per heavy atom. The average molecular weight is 329 g/mol. The van der Waals surface area contributed by atoms with E-state index in [1.807, 2.05) is 7.05 Å². The molecule has 2 rings (SSSR count). The van der Waals surface area contributed by atoms with E-state index < -0.39 is 0 Å². The summed E-state index contributed by atoms with van der Waals surface area (Å²) in [5, 5.41) is 3.34. The molecule has 100 valence electrons. The highest BCUT2D eigenvalue weighted by Crippen LogP contribution is 2.32. The van der Waals surface area contributed by atoms with Gasteiger partial charge in [-0.3, -0.25) is 0 Å². The highest BCUT2D eigenvalue weighted by Gasteiger charge is 2.23. The molecule has 2 nitrogen and oxygen atoms in total. The van der Waals surface area contributed by atoms with E-state index in [9.17, 15) is 0 Å². The first-order valence-corrected chi connectivity index (χ1v) is 8.35. The van der Waals surface area contributed by atoms with E-state index in [1.54, 1.807) is 0 Å². The van der Waals surface area contributed by atoms with Crippen LogP contribution in [-0.2, 0) is 0 Å². The molecule has 1 heterocycles. The van der Waals surface area contributed by atoms with Gasteiger partial charge >= 0.3 is 0 Å². The second-order valence-electron chi connectivity index (χ2n) is 4.84. The highest BCUT2D eigenvalue weighted by atomic mass is 79.9. The lowest BCUT2D eigenvalue weighted by atomic mass is 10.0. The van der Waals surface area contributed by atoms with Crippen molar-refractivity contribution in [1.29, 1.82) is 0 Å². The van der Waals surface area contributed by atoms with Crippen LogP contribution in [0.2, 0.25) is 0 Å². The van der Waals surface area contributed by atoms with E-state index in [0.29, 0.717) is 12.1 Å². The number of nitrogens with one attached hydrogen (secondary N) is 1. The maximum absolute atomic E-state index is 3.58. The monoisotopic (exact) mass is 328 g/mol. The predicted molar refractivity (Wildman–Crippen MR) is 85.7 cm³/mol. The molecule has 0 saturated carbocycles. The smallest absolute Gasteiger partial charge is 0.0415 e. The van der Waals surface area contributed by atoms with Gasteiger partial charge in [-0.1, -0.05) is 15.9 Å². The molecule has 0 bridgehead atoms. The third kappa shape index (κ3) is 3.03. The largest absolute Gasteiger partial charge is 0.370 e. The Hall–Kier alpha value is -0.190. The Labute approximate surface area is 123 Å². The third-order valence-electron chi connectivity index (χ3n) is 3.72. The molecule has 0 spiro atoms.